The van der Waals surface area contributed by atoms with Gasteiger partial charge >= 0.3 is 0 Å². The van der Waals surface area contributed by atoms with Crippen molar-refractivity contribution in [3.05, 3.63) is 0 Å². The van der Waals surface area contributed by atoms with E-state index in [9.17, 15) is 9.59 Å². The minimum atomic E-state index is -0.364. The van der Waals surface area contributed by atoms with E-state index in [4.69, 9.17) is 0 Å². The lowest BCUT2D eigenvalue weighted by atomic mass is 10.00. The van der Waals surface area contributed by atoms with E-state index in [0.29, 0.717) is 18.9 Å². The Morgan fingerprint density at radius 2 is 1.79 bits per heavy atom. The molecule has 4 nitrogen and oxygen atoms in total. The lowest BCUT2D eigenvalue weighted by Gasteiger charge is -2.31. The number of carbonyl (C=O) groups excluding carboxylic acids is 2. The van der Waals surface area contributed by atoms with E-state index in [0.717, 1.165) is 12.8 Å². The third-order valence-corrected chi connectivity index (χ3v) is 3.81. The standard InChI is InChI=1S/C15H28N2O2/c1-10(2)6-7-12(5)17-9-8-13(18)16-14(11(3)4)15(17)19/h10-12,14H,6-9H2,1-5H3,(H,16,18). The van der Waals surface area contributed by atoms with Gasteiger partial charge in [0, 0.05) is 19.0 Å². The Morgan fingerprint density at radius 1 is 1.16 bits per heavy atom. The maximum atomic E-state index is 12.5. The van der Waals surface area contributed by atoms with Gasteiger partial charge in [-0.15, -0.1) is 0 Å². The van der Waals surface area contributed by atoms with Gasteiger partial charge in [0.15, 0.2) is 0 Å². The molecule has 1 rings (SSSR count). The van der Waals surface area contributed by atoms with Crippen LogP contribution in [0, 0.1) is 11.8 Å². The molecule has 0 radical (unpaired) electrons. The number of rotatable bonds is 5. The second-order valence-electron chi connectivity index (χ2n) is 6.39. The van der Waals surface area contributed by atoms with Gasteiger partial charge in [0.2, 0.25) is 11.8 Å². The fourth-order valence-corrected chi connectivity index (χ4v) is 2.44. The number of carbonyl (C=O) groups is 2. The van der Waals surface area contributed by atoms with Crippen molar-refractivity contribution in [1.29, 1.82) is 0 Å². The Balaban J connectivity index is 2.74. The summed E-state index contributed by atoms with van der Waals surface area (Å²) in [7, 11) is 0. The van der Waals surface area contributed by atoms with Gasteiger partial charge < -0.3 is 10.2 Å². The van der Waals surface area contributed by atoms with Crippen LogP contribution < -0.4 is 5.32 Å². The molecule has 0 aromatic heterocycles. The van der Waals surface area contributed by atoms with Crippen LogP contribution in [0.1, 0.15) is 53.9 Å². The van der Waals surface area contributed by atoms with Gasteiger partial charge in [-0.1, -0.05) is 27.7 Å². The second kappa shape index (κ2) is 6.92. The maximum Gasteiger partial charge on any atom is 0.245 e. The molecule has 1 aliphatic heterocycles. The summed E-state index contributed by atoms with van der Waals surface area (Å²) in [4.78, 5) is 26.1. The Labute approximate surface area is 116 Å². The third-order valence-electron chi connectivity index (χ3n) is 3.81. The molecule has 1 fully saturated rings. The molecule has 2 unspecified atom stereocenters. The molecule has 19 heavy (non-hydrogen) atoms. The van der Waals surface area contributed by atoms with Crippen LogP contribution in [0.15, 0.2) is 0 Å². The summed E-state index contributed by atoms with van der Waals surface area (Å²) in [5, 5.41) is 2.85. The van der Waals surface area contributed by atoms with Crippen molar-refractivity contribution in [2.75, 3.05) is 6.54 Å². The Hall–Kier alpha value is -1.06. The van der Waals surface area contributed by atoms with E-state index in [1.165, 1.54) is 0 Å². The zero-order chi connectivity index (χ0) is 14.6. The van der Waals surface area contributed by atoms with Gasteiger partial charge in [-0.05, 0) is 31.6 Å². The van der Waals surface area contributed by atoms with E-state index < -0.39 is 0 Å². The molecule has 1 saturated heterocycles. The van der Waals surface area contributed by atoms with Crippen LogP contribution in [0.2, 0.25) is 0 Å². The Kier molecular flexibility index (Phi) is 5.83. The predicted octanol–water partition coefficient (Wildman–Crippen LogP) is 2.18. The van der Waals surface area contributed by atoms with E-state index in [-0.39, 0.29) is 29.8 Å². The molecular formula is C15H28N2O2. The third kappa shape index (κ3) is 4.51. The van der Waals surface area contributed by atoms with Crippen molar-refractivity contribution in [1.82, 2.24) is 10.2 Å². The molecule has 2 amide bonds. The summed E-state index contributed by atoms with van der Waals surface area (Å²) in [6.07, 6.45) is 2.53. The zero-order valence-electron chi connectivity index (χ0n) is 12.9. The molecule has 0 aromatic rings. The summed E-state index contributed by atoms with van der Waals surface area (Å²) in [6, 6.07) is -0.152. The fraction of sp³-hybridized carbons (Fsp3) is 0.867. The van der Waals surface area contributed by atoms with Gasteiger partial charge in [-0.25, -0.2) is 0 Å². The van der Waals surface area contributed by atoms with Crippen molar-refractivity contribution in [3.8, 4) is 0 Å². The lowest BCUT2D eigenvalue weighted by molar-refractivity contribution is -0.136. The first-order chi connectivity index (χ1) is 8.82. The molecule has 0 spiro atoms. The quantitative estimate of drug-likeness (QED) is 0.831. The molecule has 0 saturated carbocycles. The van der Waals surface area contributed by atoms with Crippen molar-refractivity contribution in [3.63, 3.8) is 0 Å². The predicted molar refractivity (Wildman–Crippen MR) is 76.6 cm³/mol. The first-order valence-electron chi connectivity index (χ1n) is 7.42. The Morgan fingerprint density at radius 3 is 2.32 bits per heavy atom. The van der Waals surface area contributed by atoms with E-state index in [1.54, 1.807) is 0 Å². The van der Waals surface area contributed by atoms with Crippen LogP contribution in [0.5, 0.6) is 0 Å². The SMILES string of the molecule is CC(C)CCC(C)N1CCC(=O)NC(C(C)C)C1=O. The average molecular weight is 268 g/mol. The molecule has 0 aliphatic carbocycles. The van der Waals surface area contributed by atoms with Gasteiger partial charge in [-0.2, -0.15) is 0 Å². The highest BCUT2D eigenvalue weighted by atomic mass is 16.2. The molecular weight excluding hydrogens is 240 g/mol. The van der Waals surface area contributed by atoms with Gasteiger partial charge in [0.05, 0.1) is 0 Å². The zero-order valence-corrected chi connectivity index (χ0v) is 12.9. The fourth-order valence-electron chi connectivity index (χ4n) is 2.44. The first kappa shape index (κ1) is 16.0. The van der Waals surface area contributed by atoms with Crippen molar-refractivity contribution < 1.29 is 9.59 Å². The van der Waals surface area contributed by atoms with Crippen LogP contribution in [-0.2, 0) is 9.59 Å². The largest absolute Gasteiger partial charge is 0.344 e. The summed E-state index contributed by atoms with van der Waals surface area (Å²) < 4.78 is 0. The van der Waals surface area contributed by atoms with Crippen LogP contribution in [0.3, 0.4) is 0 Å². The highest BCUT2D eigenvalue weighted by Gasteiger charge is 2.33. The molecule has 110 valence electrons. The number of hydrogen-bond acceptors (Lipinski definition) is 2. The molecule has 4 heteroatoms. The molecule has 0 aromatic carbocycles. The number of nitrogens with one attached hydrogen (secondary N) is 1. The van der Waals surface area contributed by atoms with Gasteiger partial charge in [0.1, 0.15) is 6.04 Å². The highest BCUT2D eigenvalue weighted by molar-refractivity contribution is 5.90. The number of amides is 2. The molecule has 1 aliphatic rings. The highest BCUT2D eigenvalue weighted by Crippen LogP contribution is 2.17. The van der Waals surface area contributed by atoms with E-state index in [1.807, 2.05) is 18.7 Å². The lowest BCUT2D eigenvalue weighted by Crippen LogP contribution is -2.50. The van der Waals surface area contributed by atoms with Crippen LogP contribution in [0.4, 0.5) is 0 Å². The Bertz CT molecular complexity index is 326. The van der Waals surface area contributed by atoms with Crippen LogP contribution >= 0.6 is 0 Å². The monoisotopic (exact) mass is 268 g/mol. The summed E-state index contributed by atoms with van der Waals surface area (Å²) in [5.41, 5.74) is 0. The summed E-state index contributed by atoms with van der Waals surface area (Å²) in [6.45, 7) is 11.0. The van der Waals surface area contributed by atoms with Crippen molar-refractivity contribution in [2.45, 2.75) is 66.0 Å². The number of nitrogens with zero attached hydrogens (tertiary/aromatic N) is 1. The van der Waals surface area contributed by atoms with Crippen molar-refractivity contribution in [2.24, 2.45) is 11.8 Å². The maximum absolute atomic E-state index is 12.5. The summed E-state index contributed by atoms with van der Waals surface area (Å²) >= 11 is 0. The average Bonchev–Trinajstić information content (AvgIpc) is 2.46. The molecule has 1 N–H and O–H groups in total. The summed E-state index contributed by atoms with van der Waals surface area (Å²) in [5.74, 6) is 0.849. The van der Waals surface area contributed by atoms with Crippen molar-refractivity contribution >= 4 is 11.8 Å². The minimum absolute atomic E-state index is 0.00869. The topological polar surface area (TPSA) is 49.4 Å². The molecule has 2 atom stereocenters. The van der Waals surface area contributed by atoms with Crippen LogP contribution in [0.25, 0.3) is 0 Å². The van der Waals surface area contributed by atoms with Crippen LogP contribution in [-0.4, -0.2) is 35.3 Å². The van der Waals surface area contributed by atoms with E-state index >= 15 is 0 Å². The minimum Gasteiger partial charge on any atom is -0.344 e. The second-order valence-corrected chi connectivity index (χ2v) is 6.39. The normalized spacial score (nSPS) is 22.7. The smallest absolute Gasteiger partial charge is 0.245 e. The molecule has 1 heterocycles. The number of hydrogen-bond donors (Lipinski definition) is 1. The van der Waals surface area contributed by atoms with E-state index in [2.05, 4.69) is 26.1 Å². The molecule has 0 bridgehead atoms. The van der Waals surface area contributed by atoms with Gasteiger partial charge in [0.25, 0.3) is 0 Å². The first-order valence-corrected chi connectivity index (χ1v) is 7.42. The van der Waals surface area contributed by atoms with Gasteiger partial charge in [-0.3, -0.25) is 9.59 Å².